The molecular weight excluding hydrogens is 230 g/mol. The Morgan fingerprint density at radius 1 is 1.41 bits per heavy atom. The molecule has 3 nitrogen and oxygen atoms in total. The van der Waals surface area contributed by atoms with Crippen molar-refractivity contribution in [3.63, 3.8) is 0 Å². The molecule has 0 aromatic carbocycles. The molecule has 1 atom stereocenters. The van der Waals surface area contributed by atoms with E-state index in [-0.39, 0.29) is 6.04 Å². The van der Waals surface area contributed by atoms with Gasteiger partial charge in [0.15, 0.2) is 0 Å². The maximum absolute atomic E-state index is 5.80. The predicted octanol–water partition coefficient (Wildman–Crippen LogP) is 2.80. The molecule has 2 aromatic heterocycles. The van der Waals surface area contributed by atoms with Crippen molar-refractivity contribution in [2.45, 2.75) is 19.5 Å². The molecule has 0 spiro atoms. The summed E-state index contributed by atoms with van der Waals surface area (Å²) in [5.74, 6) is 0.973. The van der Waals surface area contributed by atoms with Crippen molar-refractivity contribution in [2.24, 2.45) is 5.73 Å². The minimum atomic E-state index is 0.0405. The van der Waals surface area contributed by atoms with Crippen LogP contribution in [0.3, 0.4) is 0 Å². The third-order valence-corrected chi connectivity index (χ3v) is 3.42. The summed E-state index contributed by atoms with van der Waals surface area (Å²) in [4.78, 5) is 6.56. The van der Waals surface area contributed by atoms with Crippen LogP contribution in [0.4, 0.5) is 5.82 Å². The van der Waals surface area contributed by atoms with Crippen molar-refractivity contribution in [3.05, 3.63) is 46.3 Å². The highest BCUT2D eigenvalue weighted by Gasteiger charge is 2.05. The molecule has 2 heterocycles. The van der Waals surface area contributed by atoms with E-state index in [4.69, 9.17) is 5.73 Å². The molecule has 17 heavy (non-hydrogen) atoms. The average Bonchev–Trinajstić information content (AvgIpc) is 2.82. The van der Waals surface area contributed by atoms with Crippen molar-refractivity contribution in [3.8, 4) is 0 Å². The number of nitrogens with zero attached hydrogens (tertiary/aromatic N) is 2. The summed E-state index contributed by atoms with van der Waals surface area (Å²) >= 11 is 1.72. The summed E-state index contributed by atoms with van der Waals surface area (Å²) in [5.41, 5.74) is 8.18. The van der Waals surface area contributed by atoms with E-state index < -0.39 is 0 Å². The number of anilines is 1. The zero-order valence-corrected chi connectivity index (χ0v) is 10.9. The summed E-state index contributed by atoms with van der Waals surface area (Å²) in [6, 6.07) is 6.23. The van der Waals surface area contributed by atoms with Crippen molar-refractivity contribution in [2.75, 3.05) is 11.9 Å². The van der Waals surface area contributed by atoms with Gasteiger partial charge in [0.1, 0.15) is 5.82 Å². The van der Waals surface area contributed by atoms with E-state index in [0.717, 1.165) is 17.9 Å². The van der Waals surface area contributed by atoms with Crippen molar-refractivity contribution < 1.29 is 0 Å². The Balaban J connectivity index is 2.06. The number of aromatic nitrogens is 1. The van der Waals surface area contributed by atoms with Gasteiger partial charge >= 0.3 is 0 Å². The Labute approximate surface area is 106 Å². The number of nitrogens with two attached hydrogens (primary N) is 1. The van der Waals surface area contributed by atoms with Gasteiger partial charge in [0.05, 0.1) is 0 Å². The van der Waals surface area contributed by atoms with Gasteiger partial charge in [-0.05, 0) is 40.9 Å². The van der Waals surface area contributed by atoms with Gasteiger partial charge in [-0.3, -0.25) is 0 Å². The first-order valence-electron chi connectivity index (χ1n) is 5.60. The lowest BCUT2D eigenvalue weighted by Gasteiger charge is -2.18. The molecule has 2 aromatic rings. The molecule has 0 aliphatic heterocycles. The van der Waals surface area contributed by atoms with Crippen LogP contribution in [0.5, 0.6) is 0 Å². The van der Waals surface area contributed by atoms with Gasteiger partial charge in [-0.15, -0.1) is 0 Å². The lowest BCUT2D eigenvalue weighted by Crippen LogP contribution is -2.17. The minimum Gasteiger partial charge on any atom is -0.355 e. The van der Waals surface area contributed by atoms with Crippen LogP contribution in [0.25, 0.3) is 0 Å². The van der Waals surface area contributed by atoms with Crippen LogP contribution in [0.2, 0.25) is 0 Å². The first-order valence-corrected chi connectivity index (χ1v) is 6.55. The fourth-order valence-electron chi connectivity index (χ4n) is 1.63. The van der Waals surface area contributed by atoms with E-state index in [9.17, 15) is 0 Å². The average molecular weight is 247 g/mol. The van der Waals surface area contributed by atoms with E-state index in [1.165, 1.54) is 5.56 Å². The molecule has 0 bridgehead atoms. The van der Waals surface area contributed by atoms with Gasteiger partial charge < -0.3 is 10.6 Å². The number of pyridine rings is 1. The first kappa shape index (κ1) is 12.1. The summed E-state index contributed by atoms with van der Waals surface area (Å²) in [6.45, 7) is 2.85. The fraction of sp³-hybridized carbons (Fsp3) is 0.308. The van der Waals surface area contributed by atoms with Gasteiger partial charge in [0.25, 0.3) is 0 Å². The monoisotopic (exact) mass is 247 g/mol. The van der Waals surface area contributed by atoms with Gasteiger partial charge in [-0.2, -0.15) is 11.3 Å². The fourth-order valence-corrected chi connectivity index (χ4v) is 2.29. The number of hydrogen-bond acceptors (Lipinski definition) is 4. The Bertz CT molecular complexity index is 448. The zero-order valence-electron chi connectivity index (χ0n) is 10.1. The second-order valence-electron chi connectivity index (χ2n) is 4.23. The van der Waals surface area contributed by atoms with Crippen LogP contribution in [0.1, 0.15) is 24.1 Å². The molecule has 2 N–H and O–H groups in total. The topological polar surface area (TPSA) is 42.1 Å². The quantitative estimate of drug-likeness (QED) is 0.903. The third-order valence-electron chi connectivity index (χ3n) is 2.69. The third kappa shape index (κ3) is 3.05. The smallest absolute Gasteiger partial charge is 0.128 e. The summed E-state index contributed by atoms with van der Waals surface area (Å²) in [7, 11) is 2.05. The van der Waals surface area contributed by atoms with Gasteiger partial charge in [0, 0.05) is 25.8 Å². The zero-order chi connectivity index (χ0) is 12.3. The Morgan fingerprint density at radius 2 is 2.24 bits per heavy atom. The maximum Gasteiger partial charge on any atom is 0.128 e. The molecule has 0 saturated carbocycles. The first-order chi connectivity index (χ1) is 8.16. The molecule has 0 amide bonds. The van der Waals surface area contributed by atoms with Gasteiger partial charge in [-0.1, -0.05) is 6.07 Å². The number of hydrogen-bond donors (Lipinski definition) is 1. The Hall–Kier alpha value is -1.39. The van der Waals surface area contributed by atoms with Crippen LogP contribution in [0, 0.1) is 0 Å². The second kappa shape index (κ2) is 5.29. The van der Waals surface area contributed by atoms with Crippen molar-refractivity contribution in [1.82, 2.24) is 4.98 Å². The molecule has 2 rings (SSSR count). The lowest BCUT2D eigenvalue weighted by molar-refractivity contribution is 0.807. The SMILES string of the molecule is CC(N)c1ccc(N(C)Cc2ccsc2)nc1. The summed E-state index contributed by atoms with van der Waals surface area (Å²) < 4.78 is 0. The molecule has 0 radical (unpaired) electrons. The minimum absolute atomic E-state index is 0.0405. The van der Waals surface area contributed by atoms with Crippen LogP contribution < -0.4 is 10.6 Å². The summed E-state index contributed by atoms with van der Waals surface area (Å²) in [5, 5.41) is 4.25. The number of rotatable bonds is 4. The van der Waals surface area contributed by atoms with Gasteiger partial charge in [-0.25, -0.2) is 4.98 Å². The van der Waals surface area contributed by atoms with Crippen molar-refractivity contribution in [1.29, 1.82) is 0 Å². The molecular formula is C13H17N3S. The largest absolute Gasteiger partial charge is 0.355 e. The standard InChI is InChI=1S/C13H17N3S/c1-10(14)12-3-4-13(15-7-12)16(2)8-11-5-6-17-9-11/h3-7,9-10H,8,14H2,1-2H3. The Kier molecular flexibility index (Phi) is 3.76. The summed E-state index contributed by atoms with van der Waals surface area (Å²) in [6.07, 6.45) is 1.85. The molecule has 0 fully saturated rings. The van der Waals surface area contributed by atoms with Crippen LogP contribution >= 0.6 is 11.3 Å². The highest BCUT2D eigenvalue weighted by atomic mass is 32.1. The molecule has 4 heteroatoms. The van der Waals surface area contributed by atoms with Crippen molar-refractivity contribution >= 4 is 17.2 Å². The predicted molar refractivity (Wildman–Crippen MR) is 73.3 cm³/mol. The number of thiophene rings is 1. The van der Waals surface area contributed by atoms with E-state index in [2.05, 4.69) is 26.7 Å². The van der Waals surface area contributed by atoms with Crippen LogP contribution in [-0.2, 0) is 6.54 Å². The highest BCUT2D eigenvalue weighted by Crippen LogP contribution is 2.16. The van der Waals surface area contributed by atoms with Crippen LogP contribution in [-0.4, -0.2) is 12.0 Å². The van der Waals surface area contributed by atoms with E-state index >= 15 is 0 Å². The van der Waals surface area contributed by atoms with E-state index in [1.807, 2.05) is 32.3 Å². The maximum atomic E-state index is 5.80. The van der Waals surface area contributed by atoms with E-state index in [0.29, 0.717) is 0 Å². The van der Waals surface area contributed by atoms with Gasteiger partial charge in [0.2, 0.25) is 0 Å². The highest BCUT2D eigenvalue weighted by molar-refractivity contribution is 7.07. The van der Waals surface area contributed by atoms with E-state index in [1.54, 1.807) is 11.3 Å². The molecule has 90 valence electrons. The second-order valence-corrected chi connectivity index (χ2v) is 5.01. The molecule has 1 unspecified atom stereocenters. The molecule has 0 aliphatic carbocycles. The molecule has 0 aliphatic rings. The molecule has 0 saturated heterocycles. The Morgan fingerprint density at radius 3 is 2.76 bits per heavy atom. The normalized spacial score (nSPS) is 12.4. The lowest BCUT2D eigenvalue weighted by atomic mass is 10.1. The van der Waals surface area contributed by atoms with Crippen LogP contribution in [0.15, 0.2) is 35.2 Å².